The van der Waals surface area contributed by atoms with Gasteiger partial charge in [-0.3, -0.25) is 4.79 Å². The van der Waals surface area contributed by atoms with Gasteiger partial charge in [0.25, 0.3) is 11.7 Å². The Balaban J connectivity index is 1.54. The summed E-state index contributed by atoms with van der Waals surface area (Å²) in [4.78, 5) is 25.2. The van der Waals surface area contributed by atoms with E-state index in [1.165, 1.54) is 4.52 Å². The molecule has 0 radical (unpaired) electrons. The third-order valence-corrected chi connectivity index (χ3v) is 4.61. The highest BCUT2D eigenvalue weighted by atomic mass is 16.5. The van der Waals surface area contributed by atoms with E-state index in [0.717, 1.165) is 43.1 Å². The zero-order valence-electron chi connectivity index (χ0n) is 15.5. The number of fused-ring (bicyclic) bond motifs is 1. The van der Waals surface area contributed by atoms with Crippen molar-refractivity contribution in [3.05, 3.63) is 53.6 Å². The first kappa shape index (κ1) is 17.4. The average molecular weight is 366 g/mol. The Morgan fingerprint density at radius 3 is 2.85 bits per heavy atom. The lowest BCUT2D eigenvalue weighted by atomic mass is 10.1. The minimum atomic E-state index is -0.227. The van der Waals surface area contributed by atoms with Crippen molar-refractivity contribution in [1.29, 1.82) is 0 Å². The van der Waals surface area contributed by atoms with E-state index in [0.29, 0.717) is 12.3 Å². The molecular weight excluding hydrogens is 344 g/mol. The van der Waals surface area contributed by atoms with Gasteiger partial charge in [0.05, 0.1) is 13.2 Å². The average Bonchev–Trinajstić information content (AvgIpc) is 3.11. The standard InChI is InChI=1S/C19H22N6O2/c1-14-11-20-19-21-17(22-25(19)12-14)18(26)23(2)13-15-5-3-4-6-16(15)24-7-9-27-10-8-24/h3-6,11-12H,7-10,13H2,1-2H3. The molecule has 4 rings (SSSR count). The summed E-state index contributed by atoms with van der Waals surface area (Å²) < 4.78 is 6.98. The third-order valence-electron chi connectivity index (χ3n) is 4.61. The molecule has 1 aromatic carbocycles. The van der Waals surface area contributed by atoms with Gasteiger partial charge in [-0.15, -0.1) is 5.10 Å². The van der Waals surface area contributed by atoms with Gasteiger partial charge in [-0.2, -0.15) is 4.98 Å². The molecule has 0 atom stereocenters. The van der Waals surface area contributed by atoms with Gasteiger partial charge in [-0.05, 0) is 24.1 Å². The molecule has 2 aromatic heterocycles. The Hall–Kier alpha value is -3.00. The quantitative estimate of drug-likeness (QED) is 0.697. The number of anilines is 1. The van der Waals surface area contributed by atoms with Crippen molar-refractivity contribution >= 4 is 17.4 Å². The van der Waals surface area contributed by atoms with E-state index in [9.17, 15) is 4.79 Å². The number of ether oxygens (including phenoxy) is 1. The van der Waals surface area contributed by atoms with E-state index in [1.54, 1.807) is 24.3 Å². The van der Waals surface area contributed by atoms with Crippen LogP contribution in [0.4, 0.5) is 5.69 Å². The molecule has 27 heavy (non-hydrogen) atoms. The minimum Gasteiger partial charge on any atom is -0.378 e. The number of carbonyl (C=O) groups excluding carboxylic acids is 1. The van der Waals surface area contributed by atoms with E-state index in [-0.39, 0.29) is 11.7 Å². The van der Waals surface area contributed by atoms with Crippen molar-refractivity contribution in [2.45, 2.75) is 13.5 Å². The largest absolute Gasteiger partial charge is 0.378 e. The molecule has 0 unspecified atom stereocenters. The monoisotopic (exact) mass is 366 g/mol. The molecule has 3 heterocycles. The Labute approximate surface area is 157 Å². The lowest BCUT2D eigenvalue weighted by Crippen LogP contribution is -2.37. The van der Waals surface area contributed by atoms with Gasteiger partial charge in [0.15, 0.2) is 0 Å². The maximum absolute atomic E-state index is 12.8. The second kappa shape index (κ2) is 7.32. The zero-order chi connectivity index (χ0) is 18.8. The SMILES string of the molecule is Cc1cnc2nc(C(=O)N(C)Cc3ccccc3N3CCOCC3)nn2c1. The molecule has 8 heteroatoms. The van der Waals surface area contributed by atoms with E-state index >= 15 is 0 Å². The summed E-state index contributed by atoms with van der Waals surface area (Å²) in [5.41, 5.74) is 3.19. The predicted octanol–water partition coefficient (Wildman–Crippen LogP) is 1.54. The van der Waals surface area contributed by atoms with Gasteiger partial charge in [0.2, 0.25) is 5.82 Å². The van der Waals surface area contributed by atoms with Crippen LogP contribution in [0, 0.1) is 6.92 Å². The maximum Gasteiger partial charge on any atom is 0.293 e. The third kappa shape index (κ3) is 3.61. The fraction of sp³-hybridized carbons (Fsp3) is 0.368. The van der Waals surface area contributed by atoms with Gasteiger partial charge in [0, 0.05) is 44.8 Å². The van der Waals surface area contributed by atoms with Crippen LogP contribution in [0.25, 0.3) is 5.78 Å². The molecule has 0 spiro atoms. The van der Waals surface area contributed by atoms with Crippen molar-refractivity contribution < 1.29 is 9.53 Å². The molecule has 140 valence electrons. The summed E-state index contributed by atoms with van der Waals surface area (Å²) >= 11 is 0. The summed E-state index contributed by atoms with van der Waals surface area (Å²) in [5, 5.41) is 4.27. The number of rotatable bonds is 4. The van der Waals surface area contributed by atoms with Crippen LogP contribution in [-0.2, 0) is 11.3 Å². The second-order valence-corrected chi connectivity index (χ2v) is 6.70. The molecule has 1 aliphatic rings. The molecule has 0 bridgehead atoms. The first-order valence-electron chi connectivity index (χ1n) is 8.97. The fourth-order valence-electron chi connectivity index (χ4n) is 3.22. The number of hydrogen-bond donors (Lipinski definition) is 0. The predicted molar refractivity (Wildman–Crippen MR) is 101 cm³/mol. The molecule has 0 aliphatic carbocycles. The number of hydrogen-bond acceptors (Lipinski definition) is 6. The molecule has 0 saturated carbocycles. The summed E-state index contributed by atoms with van der Waals surface area (Å²) in [6, 6.07) is 8.16. The topological polar surface area (TPSA) is 75.9 Å². The minimum absolute atomic E-state index is 0.152. The highest BCUT2D eigenvalue weighted by Crippen LogP contribution is 2.23. The molecule has 1 amide bonds. The number of nitrogens with zero attached hydrogens (tertiary/aromatic N) is 6. The summed E-state index contributed by atoms with van der Waals surface area (Å²) in [6.45, 7) is 5.56. The molecule has 3 aromatic rings. The number of para-hydroxylation sites is 1. The van der Waals surface area contributed by atoms with Crippen LogP contribution in [0.1, 0.15) is 21.7 Å². The summed E-state index contributed by atoms with van der Waals surface area (Å²) in [5.74, 6) is 0.348. The second-order valence-electron chi connectivity index (χ2n) is 6.70. The fourth-order valence-corrected chi connectivity index (χ4v) is 3.22. The van der Waals surface area contributed by atoms with Crippen LogP contribution in [0.2, 0.25) is 0 Å². The highest BCUT2D eigenvalue weighted by Gasteiger charge is 2.21. The molecule has 0 N–H and O–H groups in total. The van der Waals surface area contributed by atoms with E-state index in [4.69, 9.17) is 4.74 Å². The lowest BCUT2D eigenvalue weighted by Gasteiger charge is -2.31. The van der Waals surface area contributed by atoms with Gasteiger partial charge < -0.3 is 14.5 Å². The Kier molecular flexibility index (Phi) is 4.72. The number of benzene rings is 1. The van der Waals surface area contributed by atoms with Crippen LogP contribution in [0.5, 0.6) is 0 Å². The van der Waals surface area contributed by atoms with Gasteiger partial charge in [-0.25, -0.2) is 9.50 Å². The van der Waals surface area contributed by atoms with Crippen molar-refractivity contribution in [3.63, 3.8) is 0 Å². The first-order chi connectivity index (χ1) is 13.1. The number of aromatic nitrogens is 4. The first-order valence-corrected chi connectivity index (χ1v) is 8.97. The number of morpholine rings is 1. The Morgan fingerprint density at radius 2 is 2.04 bits per heavy atom. The summed E-state index contributed by atoms with van der Waals surface area (Å²) in [6.07, 6.45) is 3.51. The van der Waals surface area contributed by atoms with Crippen molar-refractivity contribution in [3.8, 4) is 0 Å². The number of amides is 1. The Bertz CT molecular complexity index is 964. The van der Waals surface area contributed by atoms with Crippen LogP contribution in [0.3, 0.4) is 0 Å². The van der Waals surface area contributed by atoms with Gasteiger partial charge in [-0.1, -0.05) is 18.2 Å². The lowest BCUT2D eigenvalue weighted by molar-refractivity contribution is 0.0773. The number of carbonyl (C=O) groups is 1. The molecular formula is C19H22N6O2. The van der Waals surface area contributed by atoms with E-state index in [1.807, 2.05) is 19.1 Å². The van der Waals surface area contributed by atoms with Crippen LogP contribution >= 0.6 is 0 Å². The maximum atomic E-state index is 12.8. The van der Waals surface area contributed by atoms with Gasteiger partial charge >= 0.3 is 0 Å². The molecule has 1 aliphatic heterocycles. The van der Waals surface area contributed by atoms with E-state index < -0.39 is 0 Å². The van der Waals surface area contributed by atoms with Crippen molar-refractivity contribution in [2.24, 2.45) is 0 Å². The molecule has 8 nitrogen and oxygen atoms in total. The van der Waals surface area contributed by atoms with Crippen LogP contribution in [0.15, 0.2) is 36.7 Å². The number of aryl methyl sites for hydroxylation is 1. The molecule has 1 fully saturated rings. The highest BCUT2D eigenvalue weighted by molar-refractivity contribution is 5.90. The van der Waals surface area contributed by atoms with Crippen molar-refractivity contribution in [2.75, 3.05) is 38.3 Å². The molecule has 1 saturated heterocycles. The van der Waals surface area contributed by atoms with Crippen LogP contribution < -0.4 is 4.90 Å². The van der Waals surface area contributed by atoms with E-state index in [2.05, 4.69) is 32.1 Å². The smallest absolute Gasteiger partial charge is 0.293 e. The van der Waals surface area contributed by atoms with Crippen LogP contribution in [-0.4, -0.2) is 63.7 Å². The zero-order valence-corrected chi connectivity index (χ0v) is 15.5. The Morgan fingerprint density at radius 1 is 1.26 bits per heavy atom. The van der Waals surface area contributed by atoms with Crippen molar-refractivity contribution in [1.82, 2.24) is 24.5 Å². The normalized spacial score (nSPS) is 14.5. The van der Waals surface area contributed by atoms with Gasteiger partial charge in [0.1, 0.15) is 0 Å². The summed E-state index contributed by atoms with van der Waals surface area (Å²) in [7, 11) is 1.77.